The van der Waals surface area contributed by atoms with Crippen molar-refractivity contribution in [2.24, 2.45) is 0 Å². The van der Waals surface area contributed by atoms with Gasteiger partial charge in [-0.05, 0) is 62.2 Å². The zero-order chi connectivity index (χ0) is 20.1. The van der Waals surface area contributed by atoms with Crippen LogP contribution in [-0.2, 0) is 6.54 Å². The second kappa shape index (κ2) is 10.3. The first-order valence-electron chi connectivity index (χ1n) is 9.46. The van der Waals surface area contributed by atoms with Crippen molar-refractivity contribution in [2.75, 3.05) is 27.3 Å². The zero-order valence-electron chi connectivity index (χ0n) is 17.0. The van der Waals surface area contributed by atoms with E-state index in [1.807, 2.05) is 18.2 Å². The zero-order valence-corrected chi connectivity index (χ0v) is 17.8. The molecule has 0 saturated carbocycles. The quantitative estimate of drug-likeness (QED) is 0.748. The van der Waals surface area contributed by atoms with E-state index in [2.05, 4.69) is 10.6 Å². The number of rotatable bonds is 6. The number of methoxy groups -OCH3 is 2. The molecular formula is C21H28ClN3O4. The maximum Gasteiger partial charge on any atom is 0.263 e. The highest BCUT2D eigenvalue weighted by Gasteiger charge is 2.21. The second-order valence-electron chi connectivity index (χ2n) is 6.97. The molecule has 1 aromatic carbocycles. The van der Waals surface area contributed by atoms with E-state index in [1.54, 1.807) is 38.0 Å². The predicted molar refractivity (Wildman–Crippen MR) is 115 cm³/mol. The van der Waals surface area contributed by atoms with Crippen molar-refractivity contribution in [1.29, 1.82) is 0 Å². The molecule has 29 heavy (non-hydrogen) atoms. The van der Waals surface area contributed by atoms with Crippen LogP contribution in [0.1, 0.15) is 40.4 Å². The summed E-state index contributed by atoms with van der Waals surface area (Å²) in [6.45, 7) is 3.82. The fourth-order valence-electron chi connectivity index (χ4n) is 3.53. The van der Waals surface area contributed by atoms with Gasteiger partial charge in [0.05, 0.1) is 14.2 Å². The monoisotopic (exact) mass is 421 g/mol. The number of carbonyl (C=O) groups is 1. The highest BCUT2D eigenvalue weighted by molar-refractivity contribution is 5.95. The van der Waals surface area contributed by atoms with Crippen molar-refractivity contribution >= 4 is 18.3 Å². The lowest BCUT2D eigenvalue weighted by Gasteiger charge is -2.25. The second-order valence-corrected chi connectivity index (χ2v) is 6.97. The summed E-state index contributed by atoms with van der Waals surface area (Å²) < 4.78 is 12.2. The van der Waals surface area contributed by atoms with Gasteiger partial charge in [-0.25, -0.2) is 0 Å². The van der Waals surface area contributed by atoms with Gasteiger partial charge in [0, 0.05) is 24.8 Å². The van der Waals surface area contributed by atoms with Crippen molar-refractivity contribution in [3.05, 3.63) is 57.5 Å². The van der Waals surface area contributed by atoms with Crippen molar-refractivity contribution in [3.8, 4) is 11.5 Å². The number of pyridine rings is 1. The van der Waals surface area contributed by atoms with Crippen molar-refractivity contribution in [3.63, 3.8) is 0 Å². The van der Waals surface area contributed by atoms with E-state index in [0.29, 0.717) is 17.1 Å². The number of piperidine rings is 1. The van der Waals surface area contributed by atoms with Gasteiger partial charge in [0.15, 0.2) is 0 Å². The minimum atomic E-state index is -0.368. The molecule has 0 aliphatic carbocycles. The smallest absolute Gasteiger partial charge is 0.263 e. The SMILES string of the molecule is COc1cc(CNC(=O)c2c(C)ccn(C3CCNCC3)c2=O)cc(OC)c1.Cl. The first kappa shape index (κ1) is 22.8. The molecule has 0 radical (unpaired) electrons. The highest BCUT2D eigenvalue weighted by atomic mass is 35.5. The number of nitrogens with one attached hydrogen (secondary N) is 2. The standard InChI is InChI=1S/C21H27N3O4.ClH/c1-14-6-9-24(16-4-7-22-8-5-16)21(26)19(14)20(25)23-13-15-10-17(27-2)12-18(11-15)28-3;/h6,9-12,16,22H,4-5,7-8,13H2,1-3H3,(H,23,25);1H. The van der Waals surface area contributed by atoms with E-state index < -0.39 is 0 Å². The summed E-state index contributed by atoms with van der Waals surface area (Å²) in [7, 11) is 3.15. The normalized spacial score (nSPS) is 14.0. The Hall–Kier alpha value is -2.51. The largest absolute Gasteiger partial charge is 0.497 e. The molecule has 1 amide bonds. The number of hydrogen-bond acceptors (Lipinski definition) is 5. The van der Waals surface area contributed by atoms with E-state index >= 15 is 0 Å². The molecule has 1 saturated heterocycles. The number of carbonyl (C=O) groups excluding carboxylic acids is 1. The Morgan fingerprint density at radius 3 is 2.38 bits per heavy atom. The van der Waals surface area contributed by atoms with Gasteiger partial charge in [0.1, 0.15) is 17.1 Å². The molecule has 1 aliphatic heterocycles. The number of aromatic nitrogens is 1. The van der Waals surface area contributed by atoms with Gasteiger partial charge in [0.25, 0.3) is 11.5 Å². The van der Waals surface area contributed by atoms with Gasteiger partial charge in [-0.3, -0.25) is 9.59 Å². The third kappa shape index (κ3) is 5.31. The van der Waals surface area contributed by atoms with Crippen molar-refractivity contribution in [1.82, 2.24) is 15.2 Å². The Kier molecular flexibility index (Phi) is 8.10. The van der Waals surface area contributed by atoms with Gasteiger partial charge in [0.2, 0.25) is 0 Å². The molecule has 3 rings (SSSR count). The fraction of sp³-hybridized carbons (Fsp3) is 0.429. The average Bonchev–Trinajstić information content (AvgIpc) is 2.72. The molecule has 0 bridgehead atoms. The van der Waals surface area contributed by atoms with Crippen LogP contribution in [0.2, 0.25) is 0 Å². The Labute approximate surface area is 176 Å². The number of amides is 1. The van der Waals surface area contributed by atoms with E-state index in [-0.39, 0.29) is 42.0 Å². The Morgan fingerprint density at radius 2 is 1.79 bits per heavy atom. The molecule has 0 atom stereocenters. The van der Waals surface area contributed by atoms with Crippen molar-refractivity contribution in [2.45, 2.75) is 32.4 Å². The molecule has 8 heteroatoms. The molecular weight excluding hydrogens is 394 g/mol. The summed E-state index contributed by atoms with van der Waals surface area (Å²) in [6.07, 6.45) is 3.57. The van der Waals surface area contributed by atoms with Crippen LogP contribution in [0.25, 0.3) is 0 Å². The van der Waals surface area contributed by atoms with E-state index in [4.69, 9.17) is 9.47 Å². The lowest BCUT2D eigenvalue weighted by molar-refractivity contribution is 0.0947. The van der Waals surface area contributed by atoms with Crippen LogP contribution in [-0.4, -0.2) is 37.8 Å². The maximum absolute atomic E-state index is 13.0. The summed E-state index contributed by atoms with van der Waals surface area (Å²) >= 11 is 0. The number of ether oxygens (including phenoxy) is 2. The van der Waals surface area contributed by atoms with Gasteiger partial charge in [-0.15, -0.1) is 12.4 Å². The molecule has 2 N–H and O–H groups in total. The summed E-state index contributed by atoms with van der Waals surface area (Å²) in [6, 6.07) is 7.39. The molecule has 1 aliphatic rings. The lowest BCUT2D eigenvalue weighted by Crippen LogP contribution is -2.38. The number of nitrogens with zero attached hydrogens (tertiary/aromatic N) is 1. The van der Waals surface area contributed by atoms with Gasteiger partial charge < -0.3 is 24.7 Å². The molecule has 1 fully saturated rings. The third-order valence-corrected chi connectivity index (χ3v) is 5.12. The summed E-state index contributed by atoms with van der Waals surface area (Å²) in [5, 5.41) is 6.15. The summed E-state index contributed by atoms with van der Waals surface area (Å²) in [5.41, 5.74) is 1.48. The van der Waals surface area contributed by atoms with Crippen LogP contribution in [0, 0.1) is 6.92 Å². The van der Waals surface area contributed by atoms with Crippen molar-refractivity contribution < 1.29 is 14.3 Å². The Morgan fingerprint density at radius 1 is 1.17 bits per heavy atom. The van der Waals surface area contributed by atoms with E-state index in [9.17, 15) is 9.59 Å². The first-order valence-corrected chi connectivity index (χ1v) is 9.46. The molecule has 2 heterocycles. The molecule has 7 nitrogen and oxygen atoms in total. The van der Waals surface area contributed by atoms with Crippen LogP contribution in [0.4, 0.5) is 0 Å². The number of benzene rings is 1. The summed E-state index contributed by atoms with van der Waals surface area (Å²) in [4.78, 5) is 25.8. The minimum absolute atomic E-state index is 0. The van der Waals surface area contributed by atoms with Gasteiger partial charge in [-0.1, -0.05) is 0 Å². The number of aryl methyl sites for hydroxylation is 1. The first-order chi connectivity index (χ1) is 13.5. The van der Waals surface area contributed by atoms with Crippen LogP contribution >= 0.6 is 12.4 Å². The Balaban J connectivity index is 0.00000300. The number of halogens is 1. The predicted octanol–water partition coefficient (Wildman–Crippen LogP) is 2.45. The van der Waals surface area contributed by atoms with Crippen LogP contribution in [0.3, 0.4) is 0 Å². The van der Waals surface area contributed by atoms with Crippen LogP contribution in [0.5, 0.6) is 11.5 Å². The minimum Gasteiger partial charge on any atom is -0.497 e. The number of hydrogen-bond donors (Lipinski definition) is 2. The molecule has 1 aromatic heterocycles. The van der Waals surface area contributed by atoms with Crippen LogP contribution < -0.4 is 25.7 Å². The fourth-order valence-corrected chi connectivity index (χ4v) is 3.53. The average molecular weight is 422 g/mol. The topological polar surface area (TPSA) is 81.6 Å². The van der Waals surface area contributed by atoms with E-state index in [0.717, 1.165) is 31.5 Å². The lowest BCUT2D eigenvalue weighted by atomic mass is 10.0. The molecule has 2 aromatic rings. The molecule has 158 valence electrons. The molecule has 0 spiro atoms. The molecule has 0 unspecified atom stereocenters. The van der Waals surface area contributed by atoms with Crippen LogP contribution in [0.15, 0.2) is 35.3 Å². The summed E-state index contributed by atoms with van der Waals surface area (Å²) in [5.74, 6) is 0.924. The maximum atomic E-state index is 13.0. The highest BCUT2D eigenvalue weighted by Crippen LogP contribution is 2.22. The third-order valence-electron chi connectivity index (χ3n) is 5.12. The van der Waals surface area contributed by atoms with Gasteiger partial charge >= 0.3 is 0 Å². The van der Waals surface area contributed by atoms with Gasteiger partial charge in [-0.2, -0.15) is 0 Å². The Bertz CT molecular complexity index is 885. The van der Waals surface area contributed by atoms with E-state index in [1.165, 1.54) is 0 Å².